The molecule has 1 aliphatic rings. The van der Waals surface area contributed by atoms with E-state index in [1.807, 2.05) is 18.2 Å². The lowest BCUT2D eigenvalue weighted by molar-refractivity contribution is 0.103. The molecular formula is C21H17F2N5O. The number of nitrogens with one attached hydrogen (secondary N) is 2. The largest absolute Gasteiger partial charge is 0.396 e. The number of nitrogen functional groups attached to an aromatic ring is 1. The smallest absolute Gasteiger partial charge is 0.201 e. The second-order valence-corrected chi connectivity index (χ2v) is 6.79. The Hall–Kier alpha value is -3.81. The Balaban J connectivity index is 1.76. The number of allylic oxidation sites excluding steroid dienone is 3. The molecule has 4 rings (SSSR count). The molecule has 6 N–H and O–H groups in total. The maximum Gasteiger partial charge on any atom is 0.201 e. The van der Waals surface area contributed by atoms with Gasteiger partial charge in [-0.2, -0.15) is 0 Å². The Morgan fingerprint density at radius 3 is 2.79 bits per heavy atom. The number of carbonyl (C=O) groups excluding carboxylic acids is 1. The van der Waals surface area contributed by atoms with Gasteiger partial charge in [-0.25, -0.2) is 13.8 Å². The monoisotopic (exact) mass is 393 g/mol. The number of ketones is 1. The second-order valence-electron chi connectivity index (χ2n) is 6.79. The van der Waals surface area contributed by atoms with E-state index in [-0.39, 0.29) is 23.0 Å². The molecule has 0 saturated carbocycles. The average Bonchev–Trinajstić information content (AvgIpc) is 3.14. The summed E-state index contributed by atoms with van der Waals surface area (Å²) >= 11 is 0. The highest BCUT2D eigenvalue weighted by Gasteiger charge is 2.24. The zero-order chi connectivity index (χ0) is 20.7. The molecule has 1 aliphatic carbocycles. The molecular weight excluding hydrogens is 376 g/mol. The number of anilines is 1. The van der Waals surface area contributed by atoms with Gasteiger partial charge in [0.15, 0.2) is 5.82 Å². The zero-order valence-electron chi connectivity index (χ0n) is 15.2. The van der Waals surface area contributed by atoms with Gasteiger partial charge in [-0.3, -0.25) is 10.2 Å². The Morgan fingerprint density at radius 2 is 2.10 bits per heavy atom. The number of H-pyrrole nitrogens is 1. The predicted molar refractivity (Wildman–Crippen MR) is 107 cm³/mol. The van der Waals surface area contributed by atoms with E-state index in [2.05, 4.69) is 9.97 Å². The quantitative estimate of drug-likeness (QED) is 0.234. The van der Waals surface area contributed by atoms with Crippen LogP contribution in [0.1, 0.15) is 27.9 Å². The topological polar surface area (TPSA) is 122 Å². The van der Waals surface area contributed by atoms with Crippen molar-refractivity contribution in [1.29, 1.82) is 5.41 Å². The zero-order valence-corrected chi connectivity index (χ0v) is 15.2. The summed E-state index contributed by atoms with van der Waals surface area (Å²) in [6, 6.07) is 3.78. The number of hydrogen-bond acceptors (Lipinski definition) is 4. The van der Waals surface area contributed by atoms with Gasteiger partial charge < -0.3 is 16.5 Å². The molecule has 0 bridgehead atoms. The van der Waals surface area contributed by atoms with Gasteiger partial charge in [0.05, 0.1) is 17.1 Å². The summed E-state index contributed by atoms with van der Waals surface area (Å²) < 4.78 is 28.5. The molecule has 0 aliphatic heterocycles. The van der Waals surface area contributed by atoms with Crippen LogP contribution >= 0.6 is 0 Å². The lowest BCUT2D eigenvalue weighted by Crippen LogP contribution is -2.21. The van der Waals surface area contributed by atoms with Gasteiger partial charge in [0.1, 0.15) is 11.5 Å². The highest BCUT2D eigenvalue weighted by atomic mass is 19.1. The van der Waals surface area contributed by atoms with Crippen LogP contribution in [0.2, 0.25) is 0 Å². The third-order valence-electron chi connectivity index (χ3n) is 4.96. The van der Waals surface area contributed by atoms with Gasteiger partial charge in [-0.05, 0) is 30.2 Å². The minimum absolute atomic E-state index is 0.0924. The molecule has 0 radical (unpaired) electrons. The minimum atomic E-state index is -1.08. The van der Waals surface area contributed by atoms with Crippen molar-refractivity contribution < 1.29 is 13.6 Å². The highest BCUT2D eigenvalue weighted by molar-refractivity contribution is 6.16. The molecule has 0 amide bonds. The van der Waals surface area contributed by atoms with Crippen molar-refractivity contribution in [3.05, 3.63) is 77.1 Å². The summed E-state index contributed by atoms with van der Waals surface area (Å²) in [4.78, 5) is 20.0. The maximum atomic E-state index is 14.3. The first-order chi connectivity index (χ1) is 13.9. The summed E-state index contributed by atoms with van der Waals surface area (Å²) in [7, 11) is 0. The Bertz CT molecular complexity index is 1230. The first kappa shape index (κ1) is 18.5. The summed E-state index contributed by atoms with van der Waals surface area (Å²) in [5.74, 6) is -2.93. The van der Waals surface area contributed by atoms with Gasteiger partial charge in [-0.15, -0.1) is 0 Å². The van der Waals surface area contributed by atoms with E-state index in [1.54, 1.807) is 12.3 Å². The number of nitrogens with zero attached hydrogens (tertiary/aromatic N) is 1. The van der Waals surface area contributed by atoms with Crippen LogP contribution in [0.3, 0.4) is 0 Å². The molecule has 0 spiro atoms. The van der Waals surface area contributed by atoms with E-state index in [9.17, 15) is 13.6 Å². The van der Waals surface area contributed by atoms with Crippen LogP contribution in [0.25, 0.3) is 16.6 Å². The van der Waals surface area contributed by atoms with Crippen LogP contribution in [0, 0.1) is 23.0 Å². The Labute approximate surface area is 164 Å². The number of benzene rings is 1. The van der Waals surface area contributed by atoms with Crippen molar-refractivity contribution >= 4 is 33.9 Å². The van der Waals surface area contributed by atoms with Crippen molar-refractivity contribution in [3.63, 3.8) is 0 Å². The number of aromatic amines is 1. The van der Waals surface area contributed by atoms with Gasteiger partial charge >= 0.3 is 0 Å². The minimum Gasteiger partial charge on any atom is -0.396 e. The van der Waals surface area contributed by atoms with Crippen molar-refractivity contribution in [2.45, 2.75) is 6.42 Å². The lowest BCUT2D eigenvalue weighted by Gasteiger charge is -2.14. The SMILES string of the molecule is N=C(N)C1C=CC(c2cnc3[nH]cc(C(=O)c4c(F)ccc(N)c4F)c3c2)=CC1. The normalized spacial score (nSPS) is 16.1. The first-order valence-electron chi connectivity index (χ1n) is 8.84. The standard InChI is InChI=1S/C21H17F2N5O/c22-15-5-6-16(24)18(23)17(15)19(29)14-9-28-21-13(14)7-12(8-27-21)10-1-3-11(4-2-10)20(25)26/h1-3,5-9,11H,4,24H2,(H3,25,26)(H,27,28). The average molecular weight is 393 g/mol. The number of hydrogen-bond donors (Lipinski definition) is 4. The maximum absolute atomic E-state index is 14.3. The number of halogens is 2. The van der Waals surface area contributed by atoms with Crippen LogP contribution in [0.4, 0.5) is 14.5 Å². The number of rotatable bonds is 4. The van der Waals surface area contributed by atoms with Crippen molar-refractivity contribution in [3.8, 4) is 0 Å². The molecule has 2 heterocycles. The summed E-state index contributed by atoms with van der Waals surface area (Å²) in [6.07, 6.45) is 9.20. The fraction of sp³-hybridized carbons (Fsp3) is 0.0952. The molecule has 29 heavy (non-hydrogen) atoms. The fourth-order valence-corrected chi connectivity index (χ4v) is 3.33. The lowest BCUT2D eigenvalue weighted by atomic mass is 9.92. The number of amidine groups is 1. The Morgan fingerprint density at radius 1 is 1.31 bits per heavy atom. The molecule has 146 valence electrons. The molecule has 8 heteroatoms. The van der Waals surface area contributed by atoms with Crippen LogP contribution in [0.15, 0.2) is 48.8 Å². The Kier molecular flexibility index (Phi) is 4.46. The van der Waals surface area contributed by atoms with E-state index < -0.39 is 23.0 Å². The van der Waals surface area contributed by atoms with E-state index in [0.717, 1.165) is 23.3 Å². The number of aromatic nitrogens is 2. The molecule has 1 aromatic carbocycles. The number of nitrogens with two attached hydrogens (primary N) is 2. The van der Waals surface area contributed by atoms with Crippen molar-refractivity contribution in [1.82, 2.24) is 9.97 Å². The molecule has 3 aromatic rings. The number of pyridine rings is 1. The molecule has 6 nitrogen and oxygen atoms in total. The van der Waals surface area contributed by atoms with Gasteiger partial charge in [0, 0.05) is 34.8 Å². The summed E-state index contributed by atoms with van der Waals surface area (Å²) in [6.45, 7) is 0. The molecule has 1 unspecified atom stereocenters. The molecule has 0 fully saturated rings. The third kappa shape index (κ3) is 3.18. The van der Waals surface area contributed by atoms with Crippen LogP contribution in [-0.2, 0) is 0 Å². The fourth-order valence-electron chi connectivity index (χ4n) is 3.33. The highest BCUT2D eigenvalue weighted by Crippen LogP contribution is 2.29. The van der Waals surface area contributed by atoms with Gasteiger partial charge in [-0.1, -0.05) is 18.2 Å². The first-order valence-corrected chi connectivity index (χ1v) is 8.84. The van der Waals surface area contributed by atoms with Gasteiger partial charge in [0.2, 0.25) is 5.78 Å². The van der Waals surface area contributed by atoms with Crippen LogP contribution in [0.5, 0.6) is 0 Å². The number of carbonyl (C=O) groups is 1. The second kappa shape index (κ2) is 6.97. The van der Waals surface area contributed by atoms with Crippen LogP contribution in [-0.4, -0.2) is 21.6 Å². The summed E-state index contributed by atoms with van der Waals surface area (Å²) in [5, 5.41) is 7.97. The summed E-state index contributed by atoms with van der Waals surface area (Å²) in [5.41, 5.74) is 12.1. The van der Waals surface area contributed by atoms with Crippen molar-refractivity contribution in [2.75, 3.05) is 5.73 Å². The van der Waals surface area contributed by atoms with E-state index >= 15 is 0 Å². The number of fused-ring (bicyclic) bond motifs is 1. The van der Waals surface area contributed by atoms with Crippen LogP contribution < -0.4 is 11.5 Å². The predicted octanol–water partition coefficient (Wildman–Crippen LogP) is 3.55. The van der Waals surface area contributed by atoms with E-state index in [4.69, 9.17) is 16.9 Å². The molecule has 2 aromatic heterocycles. The molecule has 1 atom stereocenters. The van der Waals surface area contributed by atoms with E-state index in [1.165, 1.54) is 6.20 Å². The van der Waals surface area contributed by atoms with Crippen molar-refractivity contribution in [2.24, 2.45) is 11.7 Å². The molecule has 0 saturated heterocycles. The third-order valence-corrected chi connectivity index (χ3v) is 4.96. The van der Waals surface area contributed by atoms with Gasteiger partial charge in [0.25, 0.3) is 0 Å². The van der Waals surface area contributed by atoms with E-state index in [0.29, 0.717) is 17.5 Å².